The molecule has 3 rings (SSSR count). The molecule has 5 heteroatoms. The number of rotatable bonds is 6. The lowest BCUT2D eigenvalue weighted by molar-refractivity contribution is 0.127. The molecule has 1 saturated heterocycles. The van der Waals surface area contributed by atoms with Gasteiger partial charge in [-0.2, -0.15) is 0 Å². The predicted molar refractivity (Wildman–Crippen MR) is 93.8 cm³/mol. The molecule has 0 aromatic heterocycles. The Kier molecular flexibility index (Phi) is 5.48. The molecular formula is C19H28N2O3. The number of hydrogen-bond donors (Lipinski definition) is 2. The molecule has 0 spiro atoms. The minimum Gasteiger partial charge on any atom is -0.493 e. The van der Waals surface area contributed by atoms with Crippen LogP contribution in [0.4, 0.5) is 4.79 Å². The van der Waals surface area contributed by atoms with E-state index in [1.165, 1.54) is 31.2 Å². The standard InChI is InChI=1S/C19H28N2O3/c1-3-16(13-6-4-5-7-13)24-18-10-14(8-9-17(18)23-2)15-11-20-19(22)21-12-15/h8-10,13,15-16H,3-7,11-12H2,1-2H3,(H2,20,21,22). The summed E-state index contributed by atoms with van der Waals surface area (Å²) in [6, 6.07) is 6.03. The number of nitrogens with one attached hydrogen (secondary N) is 2. The zero-order valence-corrected chi connectivity index (χ0v) is 14.6. The van der Waals surface area contributed by atoms with Crippen molar-refractivity contribution in [3.63, 3.8) is 0 Å². The quantitative estimate of drug-likeness (QED) is 0.839. The van der Waals surface area contributed by atoms with E-state index in [2.05, 4.69) is 29.7 Å². The van der Waals surface area contributed by atoms with Gasteiger partial charge in [0.1, 0.15) is 6.10 Å². The van der Waals surface area contributed by atoms with Crippen molar-refractivity contribution in [1.29, 1.82) is 0 Å². The molecule has 2 N–H and O–H groups in total. The summed E-state index contributed by atoms with van der Waals surface area (Å²) in [5.41, 5.74) is 1.17. The Morgan fingerprint density at radius 3 is 2.50 bits per heavy atom. The Morgan fingerprint density at radius 1 is 1.17 bits per heavy atom. The van der Waals surface area contributed by atoms with Gasteiger partial charge >= 0.3 is 6.03 Å². The largest absolute Gasteiger partial charge is 0.493 e. The number of urea groups is 1. The van der Waals surface area contributed by atoms with Gasteiger partial charge < -0.3 is 20.1 Å². The van der Waals surface area contributed by atoms with E-state index in [0.717, 1.165) is 17.9 Å². The van der Waals surface area contributed by atoms with E-state index < -0.39 is 0 Å². The van der Waals surface area contributed by atoms with E-state index in [0.29, 0.717) is 19.0 Å². The van der Waals surface area contributed by atoms with Crippen LogP contribution in [0.3, 0.4) is 0 Å². The molecule has 1 heterocycles. The SMILES string of the molecule is CCC(Oc1cc(C2CNC(=O)NC2)ccc1OC)C1CCCC1. The Morgan fingerprint density at radius 2 is 1.88 bits per heavy atom. The minimum atomic E-state index is -0.0940. The Balaban J connectivity index is 1.77. The molecule has 24 heavy (non-hydrogen) atoms. The van der Waals surface area contributed by atoms with Crippen molar-refractivity contribution < 1.29 is 14.3 Å². The first-order valence-corrected chi connectivity index (χ1v) is 9.07. The molecule has 1 saturated carbocycles. The second-order valence-corrected chi connectivity index (χ2v) is 6.81. The normalized spacial score (nSPS) is 20.3. The maximum absolute atomic E-state index is 11.3. The van der Waals surface area contributed by atoms with Crippen LogP contribution in [0.15, 0.2) is 18.2 Å². The number of hydrogen-bond acceptors (Lipinski definition) is 3. The van der Waals surface area contributed by atoms with Gasteiger partial charge in [-0.25, -0.2) is 4.79 Å². The lowest BCUT2D eigenvalue weighted by Gasteiger charge is -2.27. The molecule has 1 unspecified atom stereocenters. The lowest BCUT2D eigenvalue weighted by atomic mass is 9.96. The smallest absolute Gasteiger partial charge is 0.314 e. The highest BCUT2D eigenvalue weighted by Gasteiger charge is 2.27. The molecule has 132 valence electrons. The maximum Gasteiger partial charge on any atom is 0.314 e. The summed E-state index contributed by atoms with van der Waals surface area (Å²) in [5, 5.41) is 5.71. The zero-order chi connectivity index (χ0) is 16.9. The molecule has 1 aliphatic heterocycles. The van der Waals surface area contributed by atoms with Crippen molar-refractivity contribution in [3.8, 4) is 11.5 Å². The van der Waals surface area contributed by atoms with Crippen molar-refractivity contribution in [1.82, 2.24) is 10.6 Å². The number of amides is 2. The Labute approximate surface area is 144 Å². The second kappa shape index (κ2) is 7.77. The third-order valence-corrected chi connectivity index (χ3v) is 5.28. The molecule has 2 amide bonds. The summed E-state index contributed by atoms with van der Waals surface area (Å²) in [6.07, 6.45) is 6.42. The van der Waals surface area contributed by atoms with E-state index in [-0.39, 0.29) is 18.1 Å². The summed E-state index contributed by atoms with van der Waals surface area (Å²) < 4.78 is 11.9. The van der Waals surface area contributed by atoms with E-state index in [4.69, 9.17) is 9.47 Å². The van der Waals surface area contributed by atoms with Crippen LogP contribution in [0.1, 0.15) is 50.5 Å². The monoisotopic (exact) mass is 332 g/mol. The highest BCUT2D eigenvalue weighted by molar-refractivity contribution is 5.75. The molecule has 1 atom stereocenters. The van der Waals surface area contributed by atoms with Crippen molar-refractivity contribution in [2.24, 2.45) is 5.92 Å². The summed E-state index contributed by atoms with van der Waals surface area (Å²) in [6.45, 7) is 3.49. The highest BCUT2D eigenvalue weighted by Crippen LogP contribution is 2.36. The minimum absolute atomic E-state index is 0.0940. The Bertz CT molecular complexity index is 560. The van der Waals surface area contributed by atoms with Gasteiger partial charge in [-0.1, -0.05) is 25.8 Å². The number of benzene rings is 1. The highest BCUT2D eigenvalue weighted by atomic mass is 16.5. The fourth-order valence-corrected chi connectivity index (χ4v) is 3.85. The van der Waals surface area contributed by atoms with Crippen LogP contribution in [-0.4, -0.2) is 32.3 Å². The third-order valence-electron chi connectivity index (χ3n) is 5.28. The van der Waals surface area contributed by atoms with Gasteiger partial charge in [-0.05, 0) is 42.9 Å². The Hall–Kier alpha value is -1.91. The summed E-state index contributed by atoms with van der Waals surface area (Å²) >= 11 is 0. The summed E-state index contributed by atoms with van der Waals surface area (Å²) in [4.78, 5) is 11.3. The predicted octanol–water partition coefficient (Wildman–Crippen LogP) is 3.44. The van der Waals surface area contributed by atoms with Crippen molar-refractivity contribution >= 4 is 6.03 Å². The van der Waals surface area contributed by atoms with Gasteiger partial charge in [-0.15, -0.1) is 0 Å². The van der Waals surface area contributed by atoms with E-state index >= 15 is 0 Å². The molecule has 1 aromatic carbocycles. The number of carbonyl (C=O) groups excluding carboxylic acids is 1. The molecule has 0 radical (unpaired) electrons. The van der Waals surface area contributed by atoms with E-state index in [1.807, 2.05) is 6.07 Å². The van der Waals surface area contributed by atoms with Crippen molar-refractivity contribution in [3.05, 3.63) is 23.8 Å². The number of carbonyl (C=O) groups is 1. The summed E-state index contributed by atoms with van der Waals surface area (Å²) in [7, 11) is 1.68. The first kappa shape index (κ1) is 16.9. The number of methoxy groups -OCH3 is 1. The first-order chi connectivity index (χ1) is 11.7. The topological polar surface area (TPSA) is 59.6 Å². The lowest BCUT2D eigenvalue weighted by Crippen LogP contribution is -2.47. The van der Waals surface area contributed by atoms with Crippen molar-refractivity contribution in [2.75, 3.05) is 20.2 Å². The molecule has 1 aromatic rings. The van der Waals surface area contributed by atoms with E-state index in [1.54, 1.807) is 7.11 Å². The summed E-state index contributed by atoms with van der Waals surface area (Å²) in [5.74, 6) is 2.51. The molecule has 2 aliphatic rings. The zero-order valence-electron chi connectivity index (χ0n) is 14.6. The molecular weight excluding hydrogens is 304 g/mol. The van der Waals surface area contributed by atoms with Gasteiger partial charge in [0.15, 0.2) is 11.5 Å². The second-order valence-electron chi connectivity index (χ2n) is 6.81. The van der Waals surface area contributed by atoms with Crippen LogP contribution in [0.25, 0.3) is 0 Å². The number of ether oxygens (including phenoxy) is 2. The van der Waals surface area contributed by atoms with E-state index in [9.17, 15) is 4.79 Å². The van der Waals surface area contributed by atoms with Crippen LogP contribution < -0.4 is 20.1 Å². The fraction of sp³-hybridized carbons (Fsp3) is 0.632. The van der Waals surface area contributed by atoms with Crippen LogP contribution >= 0.6 is 0 Å². The molecule has 2 fully saturated rings. The third kappa shape index (κ3) is 3.77. The maximum atomic E-state index is 11.3. The first-order valence-electron chi connectivity index (χ1n) is 9.07. The average molecular weight is 332 g/mol. The van der Waals surface area contributed by atoms with Gasteiger partial charge in [0.2, 0.25) is 0 Å². The molecule has 1 aliphatic carbocycles. The fourth-order valence-electron chi connectivity index (χ4n) is 3.85. The molecule has 5 nitrogen and oxygen atoms in total. The van der Waals surface area contributed by atoms with Crippen LogP contribution in [0.5, 0.6) is 11.5 Å². The van der Waals surface area contributed by atoms with Gasteiger partial charge in [0, 0.05) is 19.0 Å². The van der Waals surface area contributed by atoms with Gasteiger partial charge in [-0.3, -0.25) is 0 Å². The van der Waals surface area contributed by atoms with Crippen LogP contribution in [-0.2, 0) is 0 Å². The average Bonchev–Trinajstić information content (AvgIpc) is 3.14. The van der Waals surface area contributed by atoms with Crippen molar-refractivity contribution in [2.45, 2.75) is 51.0 Å². The molecule has 0 bridgehead atoms. The van der Waals surface area contributed by atoms with Crippen LogP contribution in [0, 0.1) is 5.92 Å². The van der Waals surface area contributed by atoms with Gasteiger partial charge in [0.05, 0.1) is 7.11 Å². The van der Waals surface area contributed by atoms with Gasteiger partial charge in [0.25, 0.3) is 0 Å². The van der Waals surface area contributed by atoms with Crippen LogP contribution in [0.2, 0.25) is 0 Å².